The van der Waals surface area contributed by atoms with Crippen molar-refractivity contribution in [2.75, 3.05) is 13.2 Å². The number of unbranched alkanes of at least 4 members (excludes halogenated alkanes) is 2. The third-order valence-electron chi connectivity index (χ3n) is 4.88. The van der Waals surface area contributed by atoms with Gasteiger partial charge in [-0.2, -0.15) is 0 Å². The fourth-order valence-corrected chi connectivity index (χ4v) is 3.51. The van der Waals surface area contributed by atoms with Crippen LogP contribution in [-0.4, -0.2) is 36.5 Å². The molecule has 8 heteroatoms. The van der Waals surface area contributed by atoms with Crippen molar-refractivity contribution in [2.45, 2.75) is 39.2 Å². The van der Waals surface area contributed by atoms with E-state index < -0.39 is 5.92 Å². The second kappa shape index (κ2) is 14.4. The molecule has 2 aromatic rings. The van der Waals surface area contributed by atoms with Gasteiger partial charge in [-0.05, 0) is 30.2 Å². The van der Waals surface area contributed by atoms with E-state index in [2.05, 4.69) is 33.5 Å². The van der Waals surface area contributed by atoms with Crippen LogP contribution in [-0.2, 0) is 21.0 Å². The highest BCUT2D eigenvalue weighted by atomic mass is 79.9. The fraction of sp³-hybridized carbons (Fsp3) is 0.375. The molecule has 2 rings (SSSR count). The van der Waals surface area contributed by atoms with Crippen molar-refractivity contribution in [1.82, 2.24) is 15.7 Å². The highest BCUT2D eigenvalue weighted by Gasteiger charge is 2.22. The standard InChI is InChI=1S/C24H30BrN3O4/c1-2-3-5-11-21(15-28(18-29)32-16-19-9-6-4-7-10-19)24(31)27-17-26-23(30)20-12-8-13-22(25)14-20/h4,6-10,12-14,18,21H,2-3,5,11,15-17H2,1H3,(H,26,30)(H,27,31)/t21-/m1/s1. The predicted octanol–water partition coefficient (Wildman–Crippen LogP) is 4.04. The first kappa shape index (κ1) is 25.5. The summed E-state index contributed by atoms with van der Waals surface area (Å²) in [4.78, 5) is 42.1. The Bertz CT molecular complexity index is 863. The Hall–Kier alpha value is -2.71. The molecule has 172 valence electrons. The number of hydrogen-bond acceptors (Lipinski definition) is 4. The van der Waals surface area contributed by atoms with Crippen LogP contribution in [0.3, 0.4) is 0 Å². The molecule has 32 heavy (non-hydrogen) atoms. The average Bonchev–Trinajstić information content (AvgIpc) is 2.81. The van der Waals surface area contributed by atoms with Crippen molar-refractivity contribution in [2.24, 2.45) is 5.92 Å². The Balaban J connectivity index is 1.88. The highest BCUT2D eigenvalue weighted by Crippen LogP contribution is 2.14. The van der Waals surface area contributed by atoms with Crippen LogP contribution in [0.5, 0.6) is 0 Å². The fourth-order valence-electron chi connectivity index (χ4n) is 3.11. The molecule has 0 bridgehead atoms. The number of nitrogens with zero attached hydrogens (tertiary/aromatic N) is 1. The van der Waals surface area contributed by atoms with Gasteiger partial charge < -0.3 is 10.6 Å². The lowest BCUT2D eigenvalue weighted by atomic mass is 10.0. The van der Waals surface area contributed by atoms with Crippen LogP contribution in [0.4, 0.5) is 0 Å². The minimum absolute atomic E-state index is 0.000416. The first-order valence-electron chi connectivity index (χ1n) is 10.7. The number of hydroxylamine groups is 2. The molecular formula is C24H30BrN3O4. The number of nitrogens with one attached hydrogen (secondary N) is 2. The molecule has 0 unspecified atom stereocenters. The van der Waals surface area contributed by atoms with Gasteiger partial charge in [0.1, 0.15) is 6.61 Å². The zero-order chi connectivity index (χ0) is 23.2. The molecule has 2 N–H and O–H groups in total. The Morgan fingerprint density at radius 1 is 1.09 bits per heavy atom. The maximum Gasteiger partial charge on any atom is 0.252 e. The summed E-state index contributed by atoms with van der Waals surface area (Å²) in [6.07, 6.45) is 4.11. The first-order valence-corrected chi connectivity index (χ1v) is 11.5. The molecule has 1 atom stereocenters. The van der Waals surface area contributed by atoms with E-state index in [-0.39, 0.29) is 31.6 Å². The summed E-state index contributed by atoms with van der Waals surface area (Å²) < 4.78 is 0.801. The van der Waals surface area contributed by atoms with Gasteiger partial charge in [0.2, 0.25) is 12.3 Å². The lowest BCUT2D eigenvalue weighted by Crippen LogP contribution is -2.43. The van der Waals surface area contributed by atoms with Crippen molar-refractivity contribution in [3.05, 3.63) is 70.2 Å². The molecule has 0 spiro atoms. The molecule has 0 heterocycles. The van der Waals surface area contributed by atoms with Crippen LogP contribution in [0, 0.1) is 5.92 Å². The molecule has 0 aliphatic carbocycles. The molecule has 2 aromatic carbocycles. The number of amides is 3. The van der Waals surface area contributed by atoms with Crippen LogP contribution >= 0.6 is 15.9 Å². The lowest BCUT2D eigenvalue weighted by Gasteiger charge is -2.23. The Morgan fingerprint density at radius 2 is 1.88 bits per heavy atom. The van der Waals surface area contributed by atoms with E-state index in [1.165, 1.54) is 5.06 Å². The predicted molar refractivity (Wildman–Crippen MR) is 126 cm³/mol. The van der Waals surface area contributed by atoms with Crippen molar-refractivity contribution in [3.8, 4) is 0 Å². The summed E-state index contributed by atoms with van der Waals surface area (Å²) in [7, 11) is 0. The normalized spacial score (nSPS) is 11.4. The molecule has 0 aliphatic heterocycles. The maximum absolute atomic E-state index is 12.8. The van der Waals surface area contributed by atoms with E-state index in [1.807, 2.05) is 36.4 Å². The average molecular weight is 504 g/mol. The SMILES string of the molecule is CCCCC[C@H](CN(C=O)OCc1ccccc1)C(=O)NCNC(=O)c1cccc(Br)c1. The molecule has 0 saturated heterocycles. The van der Waals surface area contributed by atoms with Crippen LogP contribution in [0.2, 0.25) is 0 Å². The smallest absolute Gasteiger partial charge is 0.252 e. The monoisotopic (exact) mass is 503 g/mol. The summed E-state index contributed by atoms with van der Waals surface area (Å²) in [6.45, 7) is 2.48. The van der Waals surface area contributed by atoms with Gasteiger partial charge >= 0.3 is 0 Å². The number of hydrogen-bond donors (Lipinski definition) is 2. The molecular weight excluding hydrogens is 474 g/mol. The molecule has 0 aromatic heterocycles. The molecule has 0 aliphatic rings. The van der Waals surface area contributed by atoms with Crippen LogP contribution < -0.4 is 10.6 Å². The van der Waals surface area contributed by atoms with Gasteiger partial charge in [-0.3, -0.25) is 19.2 Å². The second-order valence-corrected chi connectivity index (χ2v) is 8.31. The number of carbonyl (C=O) groups excluding carboxylic acids is 3. The van der Waals surface area contributed by atoms with Gasteiger partial charge in [-0.15, -0.1) is 0 Å². The Labute approximate surface area is 197 Å². The zero-order valence-electron chi connectivity index (χ0n) is 18.3. The minimum Gasteiger partial charge on any atom is -0.338 e. The summed E-state index contributed by atoms with van der Waals surface area (Å²) in [5, 5.41) is 6.60. The third kappa shape index (κ3) is 9.20. The quantitative estimate of drug-likeness (QED) is 0.176. The topological polar surface area (TPSA) is 87.7 Å². The van der Waals surface area contributed by atoms with E-state index >= 15 is 0 Å². The third-order valence-corrected chi connectivity index (χ3v) is 5.38. The van der Waals surface area contributed by atoms with E-state index in [1.54, 1.807) is 18.2 Å². The van der Waals surface area contributed by atoms with E-state index in [0.717, 1.165) is 29.3 Å². The largest absolute Gasteiger partial charge is 0.338 e. The van der Waals surface area contributed by atoms with E-state index in [0.29, 0.717) is 18.4 Å². The summed E-state index contributed by atoms with van der Waals surface area (Å²) in [5.74, 6) is -0.953. The molecule has 0 saturated carbocycles. The van der Waals surface area contributed by atoms with Crippen LogP contribution in [0.15, 0.2) is 59.1 Å². The summed E-state index contributed by atoms with van der Waals surface area (Å²) in [5.41, 5.74) is 1.43. The van der Waals surface area contributed by atoms with Crippen molar-refractivity contribution < 1.29 is 19.2 Å². The van der Waals surface area contributed by atoms with Crippen LogP contribution in [0.25, 0.3) is 0 Å². The summed E-state index contributed by atoms with van der Waals surface area (Å²) in [6, 6.07) is 16.5. The van der Waals surface area contributed by atoms with Gasteiger partial charge in [-0.25, -0.2) is 5.06 Å². The zero-order valence-corrected chi connectivity index (χ0v) is 19.8. The van der Waals surface area contributed by atoms with Gasteiger partial charge in [0.25, 0.3) is 5.91 Å². The minimum atomic E-state index is -0.440. The number of rotatable bonds is 14. The number of carbonyl (C=O) groups is 3. The van der Waals surface area contributed by atoms with Crippen molar-refractivity contribution in [1.29, 1.82) is 0 Å². The lowest BCUT2D eigenvalue weighted by molar-refractivity contribution is -0.182. The molecule has 0 radical (unpaired) electrons. The first-order chi connectivity index (χ1) is 15.5. The molecule has 3 amide bonds. The van der Waals surface area contributed by atoms with Gasteiger partial charge in [0.15, 0.2) is 0 Å². The van der Waals surface area contributed by atoms with Crippen molar-refractivity contribution >= 4 is 34.2 Å². The number of benzene rings is 2. The highest BCUT2D eigenvalue weighted by molar-refractivity contribution is 9.10. The second-order valence-electron chi connectivity index (χ2n) is 7.39. The van der Waals surface area contributed by atoms with E-state index in [9.17, 15) is 14.4 Å². The molecule has 7 nitrogen and oxygen atoms in total. The van der Waals surface area contributed by atoms with Crippen LogP contribution in [0.1, 0.15) is 48.5 Å². The van der Waals surface area contributed by atoms with Gasteiger partial charge in [-0.1, -0.05) is 78.5 Å². The summed E-state index contributed by atoms with van der Waals surface area (Å²) >= 11 is 3.33. The Morgan fingerprint density at radius 3 is 2.56 bits per heavy atom. The van der Waals surface area contributed by atoms with Gasteiger partial charge in [0, 0.05) is 10.0 Å². The van der Waals surface area contributed by atoms with E-state index in [4.69, 9.17) is 4.84 Å². The maximum atomic E-state index is 12.8. The number of halogens is 1. The van der Waals surface area contributed by atoms with Gasteiger partial charge in [0.05, 0.1) is 19.1 Å². The van der Waals surface area contributed by atoms with Crippen molar-refractivity contribution in [3.63, 3.8) is 0 Å². The Kier molecular flexibility index (Phi) is 11.5. The molecule has 0 fully saturated rings.